The van der Waals surface area contributed by atoms with Crippen LogP contribution in [0.2, 0.25) is 0 Å². The fraction of sp³-hybridized carbons (Fsp3) is 0.556. The van der Waals surface area contributed by atoms with Gasteiger partial charge in [0, 0.05) is 6.20 Å². The summed E-state index contributed by atoms with van der Waals surface area (Å²) in [5.74, 6) is 0.0376. The number of nitrogen functional groups attached to an aromatic ring is 1. The Hall–Kier alpha value is -1.29. The number of hydrogen-bond acceptors (Lipinski definition) is 8. The lowest BCUT2D eigenvalue weighted by Crippen LogP contribution is -2.40. The third-order valence-electron chi connectivity index (χ3n) is 3.09. The van der Waals surface area contributed by atoms with Crippen LogP contribution in [0.25, 0.3) is 0 Å². The lowest BCUT2D eigenvalue weighted by atomic mass is 10.1. The molecule has 3 rings (SSSR count). The molecule has 2 aliphatic heterocycles. The Morgan fingerprint density at radius 3 is 3.00 bits per heavy atom. The highest BCUT2D eigenvalue weighted by Gasteiger charge is 2.52. The number of nitrogens with zero attached hydrogens (tertiary/aromatic N) is 2. The standard InChI is InChI=1S/C9H12N3O7P/c10-5-1-2-12(9(14)11-5)8-6(13)7-4(18-8)3-17-20(15,16)19-7/h1-2,4,6-8,13H,3H2,(H,15,16)(H2,10,11,14)/t4-,6+,7-,8?/m1/s1. The van der Waals surface area contributed by atoms with Crippen molar-refractivity contribution >= 4 is 13.6 Å². The number of ether oxygens (including phenoxy) is 1. The number of anilines is 1. The molecule has 5 atom stereocenters. The van der Waals surface area contributed by atoms with Crippen molar-refractivity contribution in [3.8, 4) is 0 Å². The fourth-order valence-corrected chi connectivity index (χ4v) is 3.15. The van der Waals surface area contributed by atoms with Gasteiger partial charge in [-0.05, 0) is 6.07 Å². The minimum absolute atomic E-state index is 0.0376. The van der Waals surface area contributed by atoms with Crippen LogP contribution in [-0.2, 0) is 18.3 Å². The summed E-state index contributed by atoms with van der Waals surface area (Å²) in [6.07, 6.45) is -2.91. The Labute approximate surface area is 112 Å². The van der Waals surface area contributed by atoms with E-state index in [0.29, 0.717) is 0 Å². The fourth-order valence-electron chi connectivity index (χ4n) is 2.19. The molecule has 10 nitrogen and oxygen atoms in total. The highest BCUT2D eigenvalue weighted by atomic mass is 31.2. The first-order valence-corrected chi connectivity index (χ1v) is 7.21. The molecule has 2 saturated heterocycles. The predicted molar refractivity (Wildman–Crippen MR) is 63.5 cm³/mol. The smallest absolute Gasteiger partial charge is 0.386 e. The SMILES string of the molecule is Nc1ccn(C2O[C@@H]3COP(=O)(O)O[C@H]3[C@@H]2O)c(=O)n1. The summed E-state index contributed by atoms with van der Waals surface area (Å²) in [4.78, 5) is 24.5. The highest BCUT2D eigenvalue weighted by Crippen LogP contribution is 2.52. The second-order valence-electron chi connectivity index (χ2n) is 4.43. The number of aliphatic hydroxyl groups is 1. The first-order chi connectivity index (χ1) is 9.37. The van der Waals surface area contributed by atoms with E-state index in [4.69, 9.17) is 15.0 Å². The molecule has 0 amide bonds. The van der Waals surface area contributed by atoms with Crippen molar-refractivity contribution < 1.29 is 28.3 Å². The molecule has 2 unspecified atom stereocenters. The van der Waals surface area contributed by atoms with Gasteiger partial charge in [0.1, 0.15) is 24.1 Å². The zero-order valence-corrected chi connectivity index (χ0v) is 10.9. The van der Waals surface area contributed by atoms with Gasteiger partial charge in [-0.3, -0.25) is 13.6 Å². The first-order valence-electron chi connectivity index (χ1n) is 5.71. The van der Waals surface area contributed by atoms with E-state index in [2.05, 4.69) is 9.51 Å². The third-order valence-corrected chi connectivity index (χ3v) is 4.08. The molecule has 11 heteroatoms. The van der Waals surface area contributed by atoms with Gasteiger partial charge in [-0.1, -0.05) is 0 Å². The number of fused-ring (bicyclic) bond motifs is 1. The molecule has 2 fully saturated rings. The van der Waals surface area contributed by atoms with Gasteiger partial charge in [0.05, 0.1) is 6.61 Å². The van der Waals surface area contributed by atoms with Gasteiger partial charge in [0.25, 0.3) is 0 Å². The van der Waals surface area contributed by atoms with E-state index in [1.54, 1.807) is 0 Å². The summed E-state index contributed by atoms with van der Waals surface area (Å²) in [5, 5.41) is 10.1. The summed E-state index contributed by atoms with van der Waals surface area (Å²) in [7, 11) is -4.19. The Balaban J connectivity index is 1.90. The van der Waals surface area contributed by atoms with Crippen LogP contribution in [0.4, 0.5) is 5.82 Å². The molecule has 4 N–H and O–H groups in total. The zero-order chi connectivity index (χ0) is 14.5. The maximum Gasteiger partial charge on any atom is 0.472 e. The lowest BCUT2D eigenvalue weighted by Gasteiger charge is -2.27. The molecule has 2 aliphatic rings. The van der Waals surface area contributed by atoms with Crippen molar-refractivity contribution in [2.24, 2.45) is 0 Å². The molecule has 0 aliphatic carbocycles. The first kappa shape index (κ1) is 13.7. The second-order valence-corrected chi connectivity index (χ2v) is 5.84. The van der Waals surface area contributed by atoms with E-state index in [0.717, 1.165) is 4.57 Å². The van der Waals surface area contributed by atoms with E-state index in [-0.39, 0.29) is 12.4 Å². The number of hydrogen-bond donors (Lipinski definition) is 3. The Morgan fingerprint density at radius 2 is 2.30 bits per heavy atom. The van der Waals surface area contributed by atoms with Crippen LogP contribution in [0, 0.1) is 0 Å². The maximum absolute atomic E-state index is 11.7. The third kappa shape index (κ3) is 2.26. The van der Waals surface area contributed by atoms with Crippen LogP contribution in [-0.4, -0.2) is 44.5 Å². The van der Waals surface area contributed by atoms with E-state index < -0.39 is 38.1 Å². The quantitative estimate of drug-likeness (QED) is 0.533. The van der Waals surface area contributed by atoms with Crippen molar-refractivity contribution in [3.63, 3.8) is 0 Å². The van der Waals surface area contributed by atoms with Crippen LogP contribution >= 0.6 is 7.82 Å². The molecule has 3 heterocycles. The van der Waals surface area contributed by atoms with Crippen molar-refractivity contribution in [2.75, 3.05) is 12.3 Å². The molecule has 0 spiro atoms. The van der Waals surface area contributed by atoms with Gasteiger partial charge in [0.15, 0.2) is 6.23 Å². The Kier molecular flexibility index (Phi) is 3.16. The average molecular weight is 305 g/mol. The van der Waals surface area contributed by atoms with E-state index in [1.165, 1.54) is 12.3 Å². The summed E-state index contributed by atoms with van der Waals surface area (Å²) in [6.45, 7) is -0.219. The van der Waals surface area contributed by atoms with E-state index >= 15 is 0 Å². The minimum Gasteiger partial charge on any atom is -0.386 e. The van der Waals surface area contributed by atoms with Gasteiger partial charge < -0.3 is 20.5 Å². The highest BCUT2D eigenvalue weighted by molar-refractivity contribution is 7.47. The van der Waals surface area contributed by atoms with Crippen LogP contribution in [0.1, 0.15) is 6.23 Å². The van der Waals surface area contributed by atoms with Crippen molar-refractivity contribution in [2.45, 2.75) is 24.5 Å². The van der Waals surface area contributed by atoms with Crippen molar-refractivity contribution in [1.82, 2.24) is 9.55 Å². The Morgan fingerprint density at radius 1 is 1.55 bits per heavy atom. The van der Waals surface area contributed by atoms with E-state index in [9.17, 15) is 19.4 Å². The topological polar surface area (TPSA) is 146 Å². The Bertz CT molecular complexity index is 634. The number of rotatable bonds is 1. The molecular weight excluding hydrogens is 293 g/mol. The molecular formula is C9H12N3O7P. The van der Waals surface area contributed by atoms with Gasteiger partial charge in [-0.2, -0.15) is 4.98 Å². The van der Waals surface area contributed by atoms with Gasteiger partial charge in [-0.25, -0.2) is 9.36 Å². The summed E-state index contributed by atoms with van der Waals surface area (Å²) in [6, 6.07) is 1.37. The molecule has 0 aromatic carbocycles. The summed E-state index contributed by atoms with van der Waals surface area (Å²) in [5.41, 5.74) is 4.66. The molecule has 110 valence electrons. The monoisotopic (exact) mass is 305 g/mol. The molecule has 1 aromatic heterocycles. The molecule has 0 saturated carbocycles. The number of aromatic nitrogens is 2. The van der Waals surface area contributed by atoms with E-state index in [1.807, 2.05) is 0 Å². The summed E-state index contributed by atoms with van der Waals surface area (Å²) < 4.78 is 27.2. The number of phosphoric acid groups is 1. The molecule has 0 bridgehead atoms. The van der Waals surface area contributed by atoms with Crippen LogP contribution in [0.15, 0.2) is 17.1 Å². The van der Waals surface area contributed by atoms with Crippen molar-refractivity contribution in [1.29, 1.82) is 0 Å². The van der Waals surface area contributed by atoms with Gasteiger partial charge in [-0.15, -0.1) is 0 Å². The largest absolute Gasteiger partial charge is 0.472 e. The average Bonchev–Trinajstić information content (AvgIpc) is 2.66. The molecule has 1 aromatic rings. The second kappa shape index (κ2) is 4.62. The minimum atomic E-state index is -4.19. The maximum atomic E-state index is 11.7. The predicted octanol–water partition coefficient (Wildman–Crippen LogP) is -1.40. The van der Waals surface area contributed by atoms with Crippen LogP contribution < -0.4 is 11.4 Å². The zero-order valence-electron chi connectivity index (χ0n) is 10.0. The number of nitrogens with two attached hydrogens (primary N) is 1. The summed E-state index contributed by atoms with van der Waals surface area (Å²) >= 11 is 0. The number of phosphoric ester groups is 1. The van der Waals surface area contributed by atoms with Crippen LogP contribution in [0.5, 0.6) is 0 Å². The van der Waals surface area contributed by atoms with Gasteiger partial charge >= 0.3 is 13.5 Å². The van der Waals surface area contributed by atoms with Gasteiger partial charge in [0.2, 0.25) is 0 Å². The van der Waals surface area contributed by atoms with Crippen molar-refractivity contribution in [3.05, 3.63) is 22.7 Å². The molecule has 20 heavy (non-hydrogen) atoms. The molecule has 0 radical (unpaired) electrons. The van der Waals surface area contributed by atoms with Crippen LogP contribution in [0.3, 0.4) is 0 Å². The number of aliphatic hydroxyl groups excluding tert-OH is 1. The lowest BCUT2D eigenvalue weighted by molar-refractivity contribution is -0.0685. The normalized spacial score (nSPS) is 40.5.